The molecule has 1 saturated heterocycles. The Balaban J connectivity index is 1.37. The number of benzene rings is 1. The number of aliphatic hydroxyl groups is 1. The first-order valence-corrected chi connectivity index (χ1v) is 10.0. The second-order valence-corrected chi connectivity index (χ2v) is 8.18. The number of H-pyrrole nitrogens is 1. The Morgan fingerprint density at radius 1 is 1.19 bits per heavy atom. The van der Waals surface area contributed by atoms with E-state index in [1.54, 1.807) is 0 Å². The van der Waals surface area contributed by atoms with E-state index in [0.29, 0.717) is 0 Å². The highest BCUT2D eigenvalue weighted by Gasteiger charge is 2.41. The van der Waals surface area contributed by atoms with Crippen molar-refractivity contribution in [2.45, 2.75) is 50.5 Å². The van der Waals surface area contributed by atoms with Gasteiger partial charge in [0.2, 0.25) is 5.95 Å². The van der Waals surface area contributed by atoms with Crippen LogP contribution in [0.2, 0.25) is 0 Å². The minimum Gasteiger partial charge on any atom is -0.392 e. The number of aryl methyl sites for hydroxylation is 1. The van der Waals surface area contributed by atoms with Gasteiger partial charge >= 0.3 is 0 Å². The zero-order chi connectivity index (χ0) is 18.4. The van der Waals surface area contributed by atoms with Crippen LogP contribution in [-0.4, -0.2) is 34.7 Å². The van der Waals surface area contributed by atoms with Gasteiger partial charge in [-0.2, -0.15) is 0 Å². The lowest BCUT2D eigenvalue weighted by Crippen LogP contribution is -2.45. The summed E-state index contributed by atoms with van der Waals surface area (Å²) in [6.07, 6.45) is 6.07. The van der Waals surface area contributed by atoms with Crippen molar-refractivity contribution >= 4 is 11.6 Å². The molecule has 0 bridgehead atoms. The molecule has 0 unspecified atom stereocenters. The quantitative estimate of drug-likeness (QED) is 0.758. The Bertz CT molecular complexity index is 928. The minimum atomic E-state index is 0.0550. The first kappa shape index (κ1) is 16.8. The molecule has 5 rings (SSSR count). The fourth-order valence-corrected chi connectivity index (χ4v) is 4.99. The lowest BCUT2D eigenvalue weighted by molar-refractivity contribution is 0.282. The third-order valence-corrected chi connectivity index (χ3v) is 6.65. The Labute approximate surface area is 158 Å². The van der Waals surface area contributed by atoms with Crippen LogP contribution in [-0.2, 0) is 24.9 Å². The zero-order valence-corrected chi connectivity index (χ0v) is 15.6. The molecule has 0 saturated carbocycles. The van der Waals surface area contributed by atoms with Crippen LogP contribution in [0.15, 0.2) is 23.0 Å². The average Bonchev–Trinajstić information content (AvgIpc) is 3.06. The van der Waals surface area contributed by atoms with Crippen LogP contribution < -0.4 is 15.8 Å². The second-order valence-electron chi connectivity index (χ2n) is 8.18. The molecule has 1 aliphatic carbocycles. The van der Waals surface area contributed by atoms with Gasteiger partial charge in [0.1, 0.15) is 0 Å². The zero-order valence-electron chi connectivity index (χ0n) is 15.6. The van der Waals surface area contributed by atoms with Crippen molar-refractivity contribution in [3.8, 4) is 0 Å². The van der Waals surface area contributed by atoms with Gasteiger partial charge in [0, 0.05) is 36.3 Å². The third-order valence-electron chi connectivity index (χ3n) is 6.65. The van der Waals surface area contributed by atoms with Crippen LogP contribution in [0.4, 0.5) is 11.6 Å². The van der Waals surface area contributed by atoms with Gasteiger partial charge in [0.05, 0.1) is 12.3 Å². The fourth-order valence-electron chi connectivity index (χ4n) is 4.99. The molecule has 142 valence electrons. The summed E-state index contributed by atoms with van der Waals surface area (Å²) in [6, 6.07) is 6.27. The van der Waals surface area contributed by atoms with Gasteiger partial charge in [-0.25, -0.2) is 4.98 Å². The molecule has 2 aliphatic heterocycles. The summed E-state index contributed by atoms with van der Waals surface area (Å²) in [5, 5.41) is 12.9. The molecular formula is C21H26N4O2. The molecule has 6 nitrogen and oxygen atoms in total. The number of aliphatic hydroxyl groups excluding tert-OH is 1. The second kappa shape index (κ2) is 6.37. The molecule has 0 amide bonds. The molecule has 3 N–H and O–H groups in total. The van der Waals surface area contributed by atoms with Gasteiger partial charge < -0.3 is 15.3 Å². The van der Waals surface area contributed by atoms with Crippen LogP contribution in [0.1, 0.15) is 48.1 Å². The highest BCUT2D eigenvalue weighted by molar-refractivity contribution is 5.62. The maximum Gasteiger partial charge on any atom is 0.255 e. The van der Waals surface area contributed by atoms with E-state index in [0.717, 1.165) is 86.6 Å². The predicted octanol–water partition coefficient (Wildman–Crippen LogP) is 2.10. The third kappa shape index (κ3) is 2.74. The van der Waals surface area contributed by atoms with Crippen LogP contribution in [0.25, 0.3) is 0 Å². The monoisotopic (exact) mass is 366 g/mol. The summed E-state index contributed by atoms with van der Waals surface area (Å²) in [5.74, 6) is 0.748. The van der Waals surface area contributed by atoms with Crippen molar-refractivity contribution in [1.29, 1.82) is 0 Å². The van der Waals surface area contributed by atoms with E-state index in [4.69, 9.17) is 4.98 Å². The van der Waals surface area contributed by atoms with E-state index >= 15 is 0 Å². The molecule has 0 radical (unpaired) electrons. The molecular weight excluding hydrogens is 340 g/mol. The molecule has 1 fully saturated rings. The van der Waals surface area contributed by atoms with Crippen LogP contribution >= 0.6 is 0 Å². The van der Waals surface area contributed by atoms with Gasteiger partial charge in [0.15, 0.2) is 0 Å². The lowest BCUT2D eigenvalue weighted by Gasteiger charge is -2.39. The molecule has 6 heteroatoms. The van der Waals surface area contributed by atoms with E-state index in [-0.39, 0.29) is 17.6 Å². The average molecular weight is 366 g/mol. The molecule has 2 aromatic rings. The topological polar surface area (TPSA) is 81.2 Å². The predicted molar refractivity (Wildman–Crippen MR) is 105 cm³/mol. The van der Waals surface area contributed by atoms with Gasteiger partial charge in [-0.05, 0) is 55.7 Å². The normalized spacial score (nSPS) is 20.3. The summed E-state index contributed by atoms with van der Waals surface area (Å²) in [5.41, 5.74) is 5.58. The van der Waals surface area contributed by atoms with Gasteiger partial charge in [-0.3, -0.25) is 9.78 Å². The van der Waals surface area contributed by atoms with Crippen LogP contribution in [0.3, 0.4) is 0 Å². The standard InChI is InChI=1S/C21H26N4O2/c26-12-14-5-6-16-18(11-14)22-13-21(16)7-9-25(10-8-21)20-23-17-4-2-1-3-15(17)19(27)24-20/h5-6,11,22,26H,1-4,7-10,12-13H2,(H,23,24,27). The molecule has 1 aromatic carbocycles. The van der Waals surface area contributed by atoms with Crippen molar-refractivity contribution < 1.29 is 5.11 Å². The summed E-state index contributed by atoms with van der Waals surface area (Å²) >= 11 is 0. The summed E-state index contributed by atoms with van der Waals surface area (Å²) in [7, 11) is 0. The highest BCUT2D eigenvalue weighted by Crippen LogP contribution is 2.44. The van der Waals surface area contributed by atoms with Crippen molar-refractivity contribution in [3.63, 3.8) is 0 Å². The smallest absolute Gasteiger partial charge is 0.255 e. The van der Waals surface area contributed by atoms with Crippen LogP contribution in [0.5, 0.6) is 0 Å². The largest absolute Gasteiger partial charge is 0.392 e. The maximum atomic E-state index is 12.4. The first-order chi connectivity index (χ1) is 13.2. The SMILES string of the molecule is O=c1[nH]c(N2CCC3(CC2)CNc2cc(CO)ccc23)nc2c1CCCC2. The molecule has 27 heavy (non-hydrogen) atoms. The lowest BCUT2D eigenvalue weighted by atomic mass is 9.74. The van der Waals surface area contributed by atoms with Gasteiger partial charge in [-0.1, -0.05) is 12.1 Å². The maximum absolute atomic E-state index is 12.4. The number of fused-ring (bicyclic) bond motifs is 3. The van der Waals surface area contributed by atoms with E-state index < -0.39 is 0 Å². The van der Waals surface area contributed by atoms with E-state index in [9.17, 15) is 9.90 Å². The summed E-state index contributed by atoms with van der Waals surface area (Å²) in [6.45, 7) is 2.81. The Morgan fingerprint density at radius 3 is 2.81 bits per heavy atom. The van der Waals surface area contributed by atoms with E-state index in [1.165, 1.54) is 5.56 Å². The molecule has 1 aromatic heterocycles. The van der Waals surface area contributed by atoms with Gasteiger partial charge in [0.25, 0.3) is 5.56 Å². The number of rotatable bonds is 2. The number of aromatic nitrogens is 2. The molecule has 3 aliphatic rings. The number of nitrogens with zero attached hydrogens (tertiary/aromatic N) is 2. The van der Waals surface area contributed by atoms with Gasteiger partial charge in [-0.15, -0.1) is 0 Å². The van der Waals surface area contributed by atoms with Crippen molar-refractivity contribution in [2.24, 2.45) is 0 Å². The van der Waals surface area contributed by atoms with Crippen molar-refractivity contribution in [1.82, 2.24) is 9.97 Å². The Kier molecular flexibility index (Phi) is 3.97. The molecule has 3 heterocycles. The van der Waals surface area contributed by atoms with Crippen LogP contribution in [0, 0.1) is 0 Å². The highest BCUT2D eigenvalue weighted by atomic mass is 16.3. The number of aromatic amines is 1. The Hall–Kier alpha value is -2.34. The fraction of sp³-hybridized carbons (Fsp3) is 0.524. The number of hydrogen-bond acceptors (Lipinski definition) is 5. The number of anilines is 2. The summed E-state index contributed by atoms with van der Waals surface area (Å²) < 4.78 is 0. The van der Waals surface area contributed by atoms with E-state index in [1.807, 2.05) is 6.07 Å². The number of piperidine rings is 1. The summed E-state index contributed by atoms with van der Waals surface area (Å²) in [4.78, 5) is 22.5. The first-order valence-electron chi connectivity index (χ1n) is 10.0. The minimum absolute atomic E-state index is 0.0550. The molecule has 1 spiro atoms. The Morgan fingerprint density at radius 2 is 2.00 bits per heavy atom. The number of nitrogens with one attached hydrogen (secondary N) is 2. The van der Waals surface area contributed by atoms with Crippen molar-refractivity contribution in [3.05, 3.63) is 50.9 Å². The van der Waals surface area contributed by atoms with E-state index in [2.05, 4.69) is 27.3 Å². The molecule has 0 atom stereocenters. The number of hydrogen-bond donors (Lipinski definition) is 3. The van der Waals surface area contributed by atoms with Crippen molar-refractivity contribution in [2.75, 3.05) is 29.9 Å².